The number of anilines is 1. The van der Waals surface area contributed by atoms with Gasteiger partial charge < -0.3 is 14.7 Å². The third-order valence-electron chi connectivity index (χ3n) is 5.05. The number of aliphatic carboxylic acids is 1. The molecule has 5 heteroatoms. The Morgan fingerprint density at radius 1 is 1.45 bits per heavy atom. The Balaban J connectivity index is 1.77. The molecule has 0 aromatic heterocycles. The van der Waals surface area contributed by atoms with Gasteiger partial charge in [0.15, 0.2) is 0 Å². The number of amides is 1. The SMILES string of the molecule is CCc1ccccc1N1C[C@@]23C=C[C@@H](O2)[C@H](C(=O)O)[C@H]3C1=O. The lowest BCUT2D eigenvalue weighted by molar-refractivity contribution is -0.146. The molecule has 2 fully saturated rings. The molecule has 1 aromatic carbocycles. The number of nitrogens with zero attached hydrogens (tertiary/aromatic N) is 1. The Morgan fingerprint density at radius 2 is 2.23 bits per heavy atom. The van der Waals surface area contributed by atoms with Crippen molar-refractivity contribution in [2.24, 2.45) is 11.8 Å². The van der Waals surface area contributed by atoms with Gasteiger partial charge in [-0.2, -0.15) is 0 Å². The summed E-state index contributed by atoms with van der Waals surface area (Å²) in [4.78, 5) is 26.2. The number of carbonyl (C=O) groups is 2. The van der Waals surface area contributed by atoms with Crippen LogP contribution < -0.4 is 4.90 Å². The molecule has 0 aliphatic carbocycles. The number of para-hydroxylation sites is 1. The van der Waals surface area contributed by atoms with Gasteiger partial charge >= 0.3 is 5.97 Å². The molecule has 1 spiro atoms. The van der Waals surface area contributed by atoms with Crippen LogP contribution in [0, 0.1) is 11.8 Å². The van der Waals surface area contributed by atoms with Crippen LogP contribution in [0.4, 0.5) is 5.69 Å². The standard InChI is InChI=1S/C17H17NO4/c1-2-10-5-3-4-6-11(10)18-9-17-8-7-12(22-17)13(16(20)21)14(17)15(18)19/h3-8,12-14H,2,9H2,1H3,(H,20,21)/t12-,13+,14+,17-/m1/s1. The smallest absolute Gasteiger partial charge is 0.310 e. The summed E-state index contributed by atoms with van der Waals surface area (Å²) < 4.78 is 5.90. The fraction of sp³-hybridized carbons (Fsp3) is 0.412. The highest BCUT2D eigenvalue weighted by atomic mass is 16.5. The number of rotatable bonds is 3. The maximum atomic E-state index is 12.9. The molecule has 4 atom stereocenters. The van der Waals surface area contributed by atoms with Gasteiger partial charge in [-0.1, -0.05) is 37.3 Å². The molecule has 0 unspecified atom stereocenters. The summed E-state index contributed by atoms with van der Waals surface area (Å²) in [5, 5.41) is 9.47. The van der Waals surface area contributed by atoms with Crippen molar-refractivity contribution in [3.05, 3.63) is 42.0 Å². The summed E-state index contributed by atoms with van der Waals surface area (Å²) in [7, 11) is 0. The van der Waals surface area contributed by atoms with E-state index in [0.717, 1.165) is 17.7 Å². The van der Waals surface area contributed by atoms with E-state index >= 15 is 0 Å². The fourth-order valence-electron chi connectivity index (χ4n) is 4.06. The van der Waals surface area contributed by atoms with E-state index in [1.54, 1.807) is 11.0 Å². The van der Waals surface area contributed by atoms with E-state index in [4.69, 9.17) is 4.74 Å². The second-order valence-electron chi connectivity index (χ2n) is 6.14. The Morgan fingerprint density at radius 3 is 2.95 bits per heavy atom. The zero-order valence-corrected chi connectivity index (χ0v) is 12.2. The van der Waals surface area contributed by atoms with Crippen LogP contribution in [0.3, 0.4) is 0 Å². The van der Waals surface area contributed by atoms with Crippen LogP contribution in [-0.4, -0.2) is 35.2 Å². The molecule has 3 aliphatic heterocycles. The van der Waals surface area contributed by atoms with Crippen LogP contribution in [0.5, 0.6) is 0 Å². The van der Waals surface area contributed by atoms with E-state index < -0.39 is 29.5 Å². The third-order valence-corrected chi connectivity index (χ3v) is 5.05. The van der Waals surface area contributed by atoms with Gasteiger partial charge in [-0.05, 0) is 18.1 Å². The van der Waals surface area contributed by atoms with Gasteiger partial charge in [0.25, 0.3) is 0 Å². The molecule has 2 saturated heterocycles. The minimum atomic E-state index is -0.958. The van der Waals surface area contributed by atoms with Crippen molar-refractivity contribution in [1.29, 1.82) is 0 Å². The zero-order chi connectivity index (χ0) is 15.5. The number of carboxylic acids is 1. The van der Waals surface area contributed by atoms with Gasteiger partial charge in [0.1, 0.15) is 11.5 Å². The second-order valence-corrected chi connectivity index (χ2v) is 6.14. The van der Waals surface area contributed by atoms with Gasteiger partial charge in [-0.15, -0.1) is 0 Å². The molecular formula is C17H17NO4. The number of aryl methyl sites for hydroxylation is 1. The number of ether oxygens (including phenoxy) is 1. The van der Waals surface area contributed by atoms with Crippen molar-refractivity contribution < 1.29 is 19.4 Å². The zero-order valence-electron chi connectivity index (χ0n) is 12.2. The minimum absolute atomic E-state index is 0.139. The highest BCUT2D eigenvalue weighted by molar-refractivity contribution is 6.03. The third kappa shape index (κ3) is 1.57. The van der Waals surface area contributed by atoms with E-state index in [2.05, 4.69) is 0 Å². The van der Waals surface area contributed by atoms with E-state index in [0.29, 0.717) is 6.54 Å². The molecule has 1 aromatic rings. The lowest BCUT2D eigenvalue weighted by Gasteiger charge is -2.23. The molecule has 1 N–H and O–H groups in total. The summed E-state index contributed by atoms with van der Waals surface area (Å²) in [6.07, 6.45) is 4.01. The number of hydrogen-bond acceptors (Lipinski definition) is 3. The average molecular weight is 299 g/mol. The largest absolute Gasteiger partial charge is 0.481 e. The Hall–Kier alpha value is -2.14. The van der Waals surface area contributed by atoms with Crippen LogP contribution in [0.15, 0.2) is 36.4 Å². The summed E-state index contributed by atoms with van der Waals surface area (Å²) in [6.45, 7) is 2.44. The highest BCUT2D eigenvalue weighted by Gasteiger charge is 2.67. The number of hydrogen-bond donors (Lipinski definition) is 1. The normalized spacial score (nSPS) is 35.2. The first kappa shape index (κ1) is 13.5. The van der Waals surface area contributed by atoms with Crippen molar-refractivity contribution in [1.82, 2.24) is 0 Å². The monoisotopic (exact) mass is 299 g/mol. The molecule has 0 saturated carbocycles. The average Bonchev–Trinajstić information content (AvgIpc) is 3.15. The quantitative estimate of drug-likeness (QED) is 0.861. The van der Waals surface area contributed by atoms with Crippen LogP contribution in [0.2, 0.25) is 0 Å². The molecular weight excluding hydrogens is 282 g/mol. The number of carboxylic acid groups (broad SMARTS) is 1. The summed E-state index contributed by atoms with van der Waals surface area (Å²) in [6, 6.07) is 7.76. The predicted molar refractivity (Wildman–Crippen MR) is 79.5 cm³/mol. The van der Waals surface area contributed by atoms with Gasteiger partial charge in [-0.25, -0.2) is 0 Å². The fourth-order valence-corrected chi connectivity index (χ4v) is 4.06. The predicted octanol–water partition coefficient (Wildman–Crippen LogP) is 1.62. The molecule has 3 aliphatic rings. The number of fused-ring (bicyclic) bond motifs is 1. The van der Waals surface area contributed by atoms with Crippen molar-refractivity contribution in [3.63, 3.8) is 0 Å². The Bertz CT molecular complexity index is 698. The Kier molecular flexibility index (Phi) is 2.72. The van der Waals surface area contributed by atoms with Crippen molar-refractivity contribution >= 4 is 17.6 Å². The van der Waals surface area contributed by atoms with Crippen molar-refractivity contribution in [2.75, 3.05) is 11.4 Å². The van der Waals surface area contributed by atoms with E-state index in [9.17, 15) is 14.7 Å². The van der Waals surface area contributed by atoms with E-state index in [-0.39, 0.29) is 5.91 Å². The first-order valence-corrected chi connectivity index (χ1v) is 7.56. The molecule has 22 heavy (non-hydrogen) atoms. The molecule has 0 radical (unpaired) electrons. The molecule has 4 rings (SSSR count). The first-order chi connectivity index (χ1) is 10.6. The Labute approximate surface area is 128 Å². The number of benzene rings is 1. The van der Waals surface area contributed by atoms with Crippen molar-refractivity contribution in [2.45, 2.75) is 25.0 Å². The lowest BCUT2D eigenvalue weighted by Crippen LogP contribution is -2.39. The molecule has 3 heterocycles. The van der Waals surface area contributed by atoms with Crippen LogP contribution in [0.1, 0.15) is 12.5 Å². The number of carbonyl (C=O) groups excluding carboxylic acids is 1. The second kappa shape index (κ2) is 4.43. The van der Waals surface area contributed by atoms with E-state index in [1.165, 1.54) is 0 Å². The molecule has 114 valence electrons. The maximum Gasteiger partial charge on any atom is 0.310 e. The lowest BCUT2D eigenvalue weighted by atomic mass is 9.77. The minimum Gasteiger partial charge on any atom is -0.481 e. The van der Waals surface area contributed by atoms with E-state index in [1.807, 2.05) is 37.3 Å². The molecule has 5 nitrogen and oxygen atoms in total. The topological polar surface area (TPSA) is 66.8 Å². The summed E-state index contributed by atoms with van der Waals surface area (Å²) in [5.74, 6) is -2.50. The summed E-state index contributed by atoms with van der Waals surface area (Å²) >= 11 is 0. The van der Waals surface area contributed by atoms with Gasteiger partial charge in [0.05, 0.1) is 18.6 Å². The highest BCUT2D eigenvalue weighted by Crippen LogP contribution is 2.52. The maximum absolute atomic E-state index is 12.9. The van der Waals surface area contributed by atoms with Crippen LogP contribution in [-0.2, 0) is 20.7 Å². The van der Waals surface area contributed by atoms with Gasteiger partial charge in [0, 0.05) is 5.69 Å². The molecule has 2 bridgehead atoms. The van der Waals surface area contributed by atoms with Gasteiger partial charge in [-0.3, -0.25) is 9.59 Å². The van der Waals surface area contributed by atoms with Crippen LogP contribution in [0.25, 0.3) is 0 Å². The van der Waals surface area contributed by atoms with Gasteiger partial charge in [0.2, 0.25) is 5.91 Å². The first-order valence-electron chi connectivity index (χ1n) is 7.56. The molecule has 1 amide bonds. The summed E-state index contributed by atoms with van der Waals surface area (Å²) in [5.41, 5.74) is 1.17. The van der Waals surface area contributed by atoms with Crippen LogP contribution >= 0.6 is 0 Å². The van der Waals surface area contributed by atoms with Crippen molar-refractivity contribution in [3.8, 4) is 0 Å².